The summed E-state index contributed by atoms with van der Waals surface area (Å²) in [5, 5.41) is 5.68. The second-order valence-corrected chi connectivity index (χ2v) is 6.07. The fraction of sp³-hybridized carbons (Fsp3) is 0.500. The highest BCUT2D eigenvalue weighted by Crippen LogP contribution is 2.18. The van der Waals surface area contributed by atoms with Gasteiger partial charge in [-0.25, -0.2) is 0 Å². The van der Waals surface area contributed by atoms with Gasteiger partial charge < -0.3 is 10.6 Å². The Morgan fingerprint density at radius 3 is 2.15 bits per heavy atom. The van der Waals surface area contributed by atoms with Crippen LogP contribution in [0, 0.1) is 5.41 Å². The summed E-state index contributed by atoms with van der Waals surface area (Å²) < 4.78 is 0. The predicted octanol–water partition coefficient (Wildman–Crippen LogP) is 2.96. The smallest absolute Gasteiger partial charge is 0.224 e. The van der Waals surface area contributed by atoms with E-state index in [1.54, 1.807) is 0 Å². The molecule has 2 amide bonds. The Labute approximate surface area is 121 Å². The molecule has 0 aliphatic carbocycles. The molecule has 0 aliphatic rings. The second kappa shape index (κ2) is 7.08. The van der Waals surface area contributed by atoms with Gasteiger partial charge in [-0.3, -0.25) is 9.59 Å². The molecule has 0 aromatic heterocycles. The van der Waals surface area contributed by atoms with Crippen LogP contribution in [-0.4, -0.2) is 17.9 Å². The zero-order chi connectivity index (χ0) is 15.2. The summed E-state index contributed by atoms with van der Waals surface area (Å²) in [6, 6.07) is 9.31. The highest BCUT2D eigenvalue weighted by Gasteiger charge is 2.21. The summed E-state index contributed by atoms with van der Waals surface area (Å²) in [4.78, 5) is 23.5. The van der Waals surface area contributed by atoms with Gasteiger partial charge in [-0.05, 0) is 24.5 Å². The van der Waals surface area contributed by atoms with Crippen LogP contribution in [0.15, 0.2) is 30.3 Å². The molecule has 0 aliphatic heterocycles. The molecule has 4 heteroatoms. The maximum Gasteiger partial charge on any atom is 0.224 e. The molecule has 0 heterocycles. The van der Waals surface area contributed by atoms with Crippen LogP contribution in [0.2, 0.25) is 0 Å². The van der Waals surface area contributed by atoms with Gasteiger partial charge in [0.05, 0.1) is 0 Å². The quantitative estimate of drug-likeness (QED) is 0.868. The Bertz CT molecular complexity index is 449. The molecule has 0 radical (unpaired) electrons. The van der Waals surface area contributed by atoms with Crippen LogP contribution >= 0.6 is 0 Å². The van der Waals surface area contributed by atoms with E-state index in [-0.39, 0.29) is 36.1 Å². The monoisotopic (exact) mass is 276 g/mol. The fourth-order valence-electron chi connectivity index (χ4n) is 1.50. The van der Waals surface area contributed by atoms with E-state index >= 15 is 0 Å². The fourth-order valence-corrected chi connectivity index (χ4v) is 1.50. The van der Waals surface area contributed by atoms with Crippen molar-refractivity contribution in [2.75, 3.05) is 5.32 Å². The first-order valence-corrected chi connectivity index (χ1v) is 6.93. The third-order valence-corrected chi connectivity index (χ3v) is 3.31. The molecule has 0 bridgehead atoms. The standard InChI is InChI=1S/C16H24N2O2/c1-12(16(2,3)4)17-14(19)10-11-15(20)18-13-8-6-5-7-9-13/h5-9,12H,10-11H2,1-4H3,(H,17,19)(H,18,20). The molecule has 1 atom stereocenters. The Hall–Kier alpha value is -1.84. The van der Waals surface area contributed by atoms with Gasteiger partial charge >= 0.3 is 0 Å². The summed E-state index contributed by atoms with van der Waals surface area (Å²) in [5.41, 5.74) is 0.767. The molecule has 2 N–H and O–H groups in total. The minimum absolute atomic E-state index is 0.0158. The normalized spacial score (nSPS) is 12.6. The average molecular weight is 276 g/mol. The lowest BCUT2D eigenvalue weighted by atomic mass is 9.88. The Morgan fingerprint density at radius 2 is 1.60 bits per heavy atom. The van der Waals surface area contributed by atoms with Crippen molar-refractivity contribution in [1.29, 1.82) is 0 Å². The lowest BCUT2D eigenvalue weighted by molar-refractivity contribution is -0.125. The van der Waals surface area contributed by atoms with Crippen molar-refractivity contribution >= 4 is 17.5 Å². The summed E-state index contributed by atoms with van der Waals surface area (Å²) in [6.45, 7) is 8.18. The molecule has 1 unspecified atom stereocenters. The van der Waals surface area contributed by atoms with Crippen molar-refractivity contribution < 1.29 is 9.59 Å². The van der Waals surface area contributed by atoms with Crippen molar-refractivity contribution in [3.63, 3.8) is 0 Å². The van der Waals surface area contributed by atoms with Gasteiger partial charge in [-0.1, -0.05) is 39.0 Å². The highest BCUT2D eigenvalue weighted by atomic mass is 16.2. The SMILES string of the molecule is CC(NC(=O)CCC(=O)Nc1ccccc1)C(C)(C)C. The summed E-state index contributed by atoms with van der Waals surface area (Å²) in [7, 11) is 0. The lowest BCUT2D eigenvalue weighted by Gasteiger charge is -2.28. The highest BCUT2D eigenvalue weighted by molar-refractivity contribution is 5.93. The zero-order valence-corrected chi connectivity index (χ0v) is 12.7. The van der Waals surface area contributed by atoms with Gasteiger partial charge in [0.2, 0.25) is 11.8 Å². The Kier molecular flexibility index (Phi) is 5.74. The molecule has 1 rings (SSSR count). The van der Waals surface area contributed by atoms with E-state index in [1.165, 1.54) is 0 Å². The van der Waals surface area contributed by atoms with Crippen LogP contribution in [0.3, 0.4) is 0 Å². The Morgan fingerprint density at radius 1 is 1.05 bits per heavy atom. The molecule has 110 valence electrons. The number of carbonyl (C=O) groups is 2. The Balaban J connectivity index is 2.33. The zero-order valence-electron chi connectivity index (χ0n) is 12.7. The number of rotatable bonds is 5. The van der Waals surface area contributed by atoms with E-state index in [4.69, 9.17) is 0 Å². The summed E-state index contributed by atoms with van der Waals surface area (Å²) in [5.74, 6) is -0.231. The number of nitrogens with one attached hydrogen (secondary N) is 2. The molecule has 0 spiro atoms. The van der Waals surface area contributed by atoms with Gasteiger partial charge in [0.25, 0.3) is 0 Å². The van der Waals surface area contributed by atoms with Gasteiger partial charge in [0.15, 0.2) is 0 Å². The number of para-hydroxylation sites is 1. The second-order valence-electron chi connectivity index (χ2n) is 6.07. The van der Waals surface area contributed by atoms with E-state index in [0.29, 0.717) is 0 Å². The number of amides is 2. The van der Waals surface area contributed by atoms with Crippen LogP contribution in [-0.2, 0) is 9.59 Å². The number of hydrogen-bond donors (Lipinski definition) is 2. The first-order valence-electron chi connectivity index (χ1n) is 6.93. The first kappa shape index (κ1) is 16.2. The van der Waals surface area contributed by atoms with Gasteiger partial charge in [-0.15, -0.1) is 0 Å². The minimum atomic E-state index is -0.144. The minimum Gasteiger partial charge on any atom is -0.353 e. The largest absolute Gasteiger partial charge is 0.353 e. The van der Waals surface area contributed by atoms with E-state index < -0.39 is 0 Å². The van der Waals surface area contributed by atoms with E-state index in [0.717, 1.165) is 5.69 Å². The van der Waals surface area contributed by atoms with Crippen molar-refractivity contribution in [3.8, 4) is 0 Å². The van der Waals surface area contributed by atoms with E-state index in [1.807, 2.05) is 37.3 Å². The number of anilines is 1. The first-order chi connectivity index (χ1) is 9.29. The molecule has 0 fully saturated rings. The third-order valence-electron chi connectivity index (χ3n) is 3.31. The van der Waals surface area contributed by atoms with E-state index in [2.05, 4.69) is 31.4 Å². The number of carbonyl (C=O) groups excluding carboxylic acids is 2. The number of benzene rings is 1. The van der Waals surface area contributed by atoms with Crippen molar-refractivity contribution in [2.24, 2.45) is 5.41 Å². The average Bonchev–Trinajstić information content (AvgIpc) is 2.36. The maximum absolute atomic E-state index is 11.8. The summed E-state index contributed by atoms with van der Waals surface area (Å²) in [6.07, 6.45) is 0.399. The lowest BCUT2D eigenvalue weighted by Crippen LogP contribution is -2.41. The maximum atomic E-state index is 11.8. The van der Waals surface area contributed by atoms with Crippen LogP contribution in [0.4, 0.5) is 5.69 Å². The van der Waals surface area contributed by atoms with E-state index in [9.17, 15) is 9.59 Å². The van der Waals surface area contributed by atoms with Crippen LogP contribution < -0.4 is 10.6 Å². The van der Waals surface area contributed by atoms with Gasteiger partial charge in [0.1, 0.15) is 0 Å². The molecular weight excluding hydrogens is 252 g/mol. The van der Waals surface area contributed by atoms with Crippen molar-refractivity contribution in [1.82, 2.24) is 5.32 Å². The van der Waals surface area contributed by atoms with Gasteiger partial charge in [-0.2, -0.15) is 0 Å². The molecule has 0 saturated carbocycles. The molecule has 0 saturated heterocycles. The topological polar surface area (TPSA) is 58.2 Å². The molecule has 1 aromatic rings. The van der Waals surface area contributed by atoms with Crippen LogP contribution in [0.1, 0.15) is 40.5 Å². The molecule has 4 nitrogen and oxygen atoms in total. The van der Waals surface area contributed by atoms with Gasteiger partial charge in [0, 0.05) is 24.6 Å². The van der Waals surface area contributed by atoms with Crippen molar-refractivity contribution in [2.45, 2.75) is 46.6 Å². The molecular formula is C16H24N2O2. The molecule has 20 heavy (non-hydrogen) atoms. The third kappa shape index (κ3) is 5.87. The predicted molar refractivity (Wildman–Crippen MR) is 81.4 cm³/mol. The van der Waals surface area contributed by atoms with Crippen LogP contribution in [0.5, 0.6) is 0 Å². The summed E-state index contributed by atoms with van der Waals surface area (Å²) >= 11 is 0. The number of hydrogen-bond acceptors (Lipinski definition) is 2. The van der Waals surface area contributed by atoms with Crippen LogP contribution in [0.25, 0.3) is 0 Å². The van der Waals surface area contributed by atoms with Crippen molar-refractivity contribution in [3.05, 3.63) is 30.3 Å². The molecule has 1 aromatic carbocycles.